The molecule has 0 spiro atoms. The smallest absolute Gasteiger partial charge is 0.331 e. The summed E-state index contributed by atoms with van der Waals surface area (Å²) < 4.78 is 21.2. The van der Waals surface area contributed by atoms with Crippen molar-refractivity contribution in [1.29, 1.82) is 0 Å². The van der Waals surface area contributed by atoms with Crippen LogP contribution in [0.2, 0.25) is 0 Å². The number of methoxy groups -OCH3 is 1. The van der Waals surface area contributed by atoms with Gasteiger partial charge in [0.2, 0.25) is 0 Å². The Bertz CT molecular complexity index is 853. The van der Waals surface area contributed by atoms with Crippen LogP contribution in [0, 0.1) is 13.8 Å². The summed E-state index contributed by atoms with van der Waals surface area (Å²) in [6.07, 6.45) is 3.65. The van der Waals surface area contributed by atoms with Gasteiger partial charge in [0.15, 0.2) is 18.1 Å². The first-order valence-corrected chi connectivity index (χ1v) is 9.28. The van der Waals surface area contributed by atoms with Gasteiger partial charge in [0.1, 0.15) is 12.4 Å². The van der Waals surface area contributed by atoms with Crippen LogP contribution in [0.4, 0.5) is 0 Å². The Hall–Kier alpha value is -3.29. The first kappa shape index (κ1) is 22.0. The molecule has 0 bridgehead atoms. The Morgan fingerprint density at radius 1 is 1.24 bits per heavy atom. The van der Waals surface area contributed by atoms with E-state index >= 15 is 0 Å². The maximum absolute atomic E-state index is 11.8. The van der Waals surface area contributed by atoms with Crippen molar-refractivity contribution in [3.8, 4) is 11.5 Å². The van der Waals surface area contributed by atoms with Gasteiger partial charge in [-0.3, -0.25) is 4.79 Å². The van der Waals surface area contributed by atoms with Crippen LogP contribution < -0.4 is 14.8 Å². The van der Waals surface area contributed by atoms with Crippen LogP contribution in [0.3, 0.4) is 0 Å². The number of hydrogen-bond acceptors (Lipinski definition) is 7. The number of aromatic nitrogens is 1. The topological polar surface area (TPSA) is 99.9 Å². The normalized spacial score (nSPS) is 10.8. The third-order valence-corrected chi connectivity index (χ3v) is 4.07. The SMILES string of the molecule is CCCNC(=O)COC(=O)/C=C/c1ccc(OCc2c(C)noc2C)c(OC)c1. The summed E-state index contributed by atoms with van der Waals surface area (Å²) in [6, 6.07) is 5.27. The minimum absolute atomic E-state index is 0.305. The van der Waals surface area contributed by atoms with Crippen molar-refractivity contribution in [2.75, 3.05) is 20.3 Å². The van der Waals surface area contributed by atoms with E-state index in [2.05, 4.69) is 10.5 Å². The number of nitrogens with zero attached hydrogens (tertiary/aromatic N) is 1. The zero-order valence-electron chi connectivity index (χ0n) is 17.1. The van der Waals surface area contributed by atoms with Crippen LogP contribution in [-0.2, 0) is 20.9 Å². The number of nitrogens with one attached hydrogen (secondary N) is 1. The molecule has 0 unspecified atom stereocenters. The third kappa shape index (κ3) is 6.67. The molecule has 29 heavy (non-hydrogen) atoms. The van der Waals surface area contributed by atoms with E-state index in [1.165, 1.54) is 13.2 Å². The van der Waals surface area contributed by atoms with Crippen LogP contribution in [0.15, 0.2) is 28.8 Å². The van der Waals surface area contributed by atoms with Gasteiger partial charge in [0.05, 0.1) is 18.4 Å². The van der Waals surface area contributed by atoms with Crippen molar-refractivity contribution in [1.82, 2.24) is 10.5 Å². The minimum Gasteiger partial charge on any atom is -0.493 e. The molecule has 0 radical (unpaired) electrons. The molecule has 8 heteroatoms. The van der Waals surface area contributed by atoms with Crippen molar-refractivity contribution in [2.45, 2.75) is 33.8 Å². The maximum Gasteiger partial charge on any atom is 0.331 e. The van der Waals surface area contributed by atoms with Crippen molar-refractivity contribution >= 4 is 18.0 Å². The number of aryl methyl sites for hydroxylation is 2. The number of hydrogen-bond donors (Lipinski definition) is 1. The second-order valence-corrected chi connectivity index (χ2v) is 6.29. The fraction of sp³-hybridized carbons (Fsp3) is 0.381. The largest absolute Gasteiger partial charge is 0.493 e. The number of esters is 1. The molecule has 0 fully saturated rings. The van der Waals surface area contributed by atoms with E-state index < -0.39 is 5.97 Å². The molecule has 1 aromatic heterocycles. The van der Waals surface area contributed by atoms with Gasteiger partial charge in [-0.05, 0) is 44.0 Å². The number of ether oxygens (including phenoxy) is 3. The van der Waals surface area contributed by atoms with Gasteiger partial charge < -0.3 is 24.1 Å². The lowest BCUT2D eigenvalue weighted by molar-refractivity contribution is -0.143. The van der Waals surface area contributed by atoms with E-state index in [0.717, 1.165) is 23.2 Å². The summed E-state index contributed by atoms with van der Waals surface area (Å²) in [5.74, 6) is 0.860. The van der Waals surface area contributed by atoms with E-state index in [-0.39, 0.29) is 12.5 Å². The molecule has 0 aliphatic heterocycles. The zero-order chi connectivity index (χ0) is 21.2. The van der Waals surface area contributed by atoms with Crippen LogP contribution in [-0.4, -0.2) is 37.3 Å². The molecule has 8 nitrogen and oxygen atoms in total. The van der Waals surface area contributed by atoms with E-state index in [4.69, 9.17) is 18.7 Å². The quantitative estimate of drug-likeness (QED) is 0.482. The van der Waals surface area contributed by atoms with Crippen molar-refractivity contribution in [3.63, 3.8) is 0 Å². The van der Waals surface area contributed by atoms with Crippen molar-refractivity contribution < 1.29 is 28.3 Å². The molecule has 156 valence electrons. The highest BCUT2D eigenvalue weighted by Gasteiger charge is 2.12. The lowest BCUT2D eigenvalue weighted by Gasteiger charge is -2.11. The summed E-state index contributed by atoms with van der Waals surface area (Å²) in [5.41, 5.74) is 2.39. The average Bonchev–Trinajstić information content (AvgIpc) is 3.05. The van der Waals surface area contributed by atoms with Crippen LogP contribution in [0.1, 0.15) is 35.9 Å². The van der Waals surface area contributed by atoms with E-state index in [9.17, 15) is 9.59 Å². The second-order valence-electron chi connectivity index (χ2n) is 6.29. The number of amides is 1. The third-order valence-electron chi connectivity index (χ3n) is 4.07. The summed E-state index contributed by atoms with van der Waals surface area (Å²) in [6.45, 7) is 6.18. The first-order chi connectivity index (χ1) is 13.9. The zero-order valence-corrected chi connectivity index (χ0v) is 17.1. The maximum atomic E-state index is 11.8. The molecule has 0 aliphatic rings. The molecule has 1 N–H and O–H groups in total. The molecule has 2 aromatic rings. The Morgan fingerprint density at radius 2 is 2.03 bits per heavy atom. The van der Waals surface area contributed by atoms with E-state index in [1.54, 1.807) is 24.3 Å². The highest BCUT2D eigenvalue weighted by atomic mass is 16.5. The van der Waals surface area contributed by atoms with E-state index in [0.29, 0.717) is 30.4 Å². The van der Waals surface area contributed by atoms with Crippen molar-refractivity contribution in [3.05, 3.63) is 46.9 Å². The van der Waals surface area contributed by atoms with Gasteiger partial charge in [0.25, 0.3) is 5.91 Å². The summed E-state index contributed by atoms with van der Waals surface area (Å²) in [4.78, 5) is 23.2. The molecule has 1 heterocycles. The summed E-state index contributed by atoms with van der Waals surface area (Å²) >= 11 is 0. The van der Waals surface area contributed by atoms with Crippen LogP contribution in [0.25, 0.3) is 6.08 Å². The number of carbonyl (C=O) groups excluding carboxylic acids is 2. The predicted molar refractivity (Wildman–Crippen MR) is 107 cm³/mol. The Labute approximate surface area is 169 Å². The molecule has 2 rings (SSSR count). The molecule has 1 amide bonds. The number of rotatable bonds is 10. The Balaban J connectivity index is 1.94. The van der Waals surface area contributed by atoms with Gasteiger partial charge in [-0.15, -0.1) is 0 Å². The first-order valence-electron chi connectivity index (χ1n) is 9.28. The predicted octanol–water partition coefficient (Wildman–Crippen LogP) is 2.96. The van der Waals surface area contributed by atoms with E-state index in [1.807, 2.05) is 20.8 Å². The molecule has 0 saturated carbocycles. The fourth-order valence-electron chi connectivity index (χ4n) is 2.43. The molecule has 0 aliphatic carbocycles. The van der Waals surface area contributed by atoms with Crippen LogP contribution >= 0.6 is 0 Å². The highest BCUT2D eigenvalue weighted by molar-refractivity contribution is 5.89. The Kier molecular flexibility index (Phi) is 8.27. The lowest BCUT2D eigenvalue weighted by atomic mass is 10.2. The molecular formula is C21H26N2O6. The highest BCUT2D eigenvalue weighted by Crippen LogP contribution is 2.30. The molecule has 1 aromatic carbocycles. The van der Waals surface area contributed by atoms with Gasteiger partial charge in [-0.1, -0.05) is 18.1 Å². The lowest BCUT2D eigenvalue weighted by Crippen LogP contribution is -2.28. The Morgan fingerprint density at radius 3 is 2.69 bits per heavy atom. The van der Waals surface area contributed by atoms with Gasteiger partial charge in [0, 0.05) is 12.6 Å². The monoisotopic (exact) mass is 402 g/mol. The van der Waals surface area contributed by atoms with Crippen molar-refractivity contribution in [2.24, 2.45) is 0 Å². The molecular weight excluding hydrogens is 376 g/mol. The minimum atomic E-state index is -0.602. The molecule has 0 saturated heterocycles. The standard InChI is InChI=1S/C21H26N2O6/c1-5-10-22-20(24)13-28-21(25)9-7-16-6-8-18(19(11-16)26-4)27-12-17-14(2)23-29-15(17)3/h6-9,11H,5,10,12-13H2,1-4H3,(H,22,24)/b9-7+. The fourth-order valence-corrected chi connectivity index (χ4v) is 2.43. The summed E-state index contributed by atoms with van der Waals surface area (Å²) in [7, 11) is 1.54. The van der Waals surface area contributed by atoms with Gasteiger partial charge >= 0.3 is 5.97 Å². The molecule has 0 atom stereocenters. The second kappa shape index (κ2) is 10.9. The summed E-state index contributed by atoms with van der Waals surface area (Å²) in [5, 5.41) is 6.53. The number of benzene rings is 1. The van der Waals surface area contributed by atoms with Gasteiger partial charge in [-0.25, -0.2) is 4.79 Å². The average molecular weight is 402 g/mol. The van der Waals surface area contributed by atoms with Gasteiger partial charge in [-0.2, -0.15) is 0 Å². The number of carbonyl (C=O) groups is 2. The van der Waals surface area contributed by atoms with Crippen LogP contribution in [0.5, 0.6) is 11.5 Å².